The maximum absolute atomic E-state index is 12.3. The van der Waals surface area contributed by atoms with E-state index in [1.165, 1.54) is 0 Å². The summed E-state index contributed by atoms with van der Waals surface area (Å²) in [5, 5.41) is 19.0. The molecule has 1 atom stereocenters. The van der Waals surface area contributed by atoms with Crippen molar-refractivity contribution < 1.29 is 15.0 Å². The lowest BCUT2D eigenvalue weighted by Gasteiger charge is -2.08. The van der Waals surface area contributed by atoms with Crippen molar-refractivity contribution in [1.82, 2.24) is 0 Å². The van der Waals surface area contributed by atoms with Gasteiger partial charge in [-0.15, -0.1) is 0 Å². The molecule has 1 aliphatic rings. The average Bonchev–Trinajstić information content (AvgIpc) is 2.71. The number of ketones is 1. The van der Waals surface area contributed by atoms with Crippen LogP contribution in [0.25, 0.3) is 0 Å². The maximum Gasteiger partial charge on any atom is 0.170 e. The molecule has 0 heterocycles. The fraction of sp³-hybridized carbons (Fsp3) is 0.188. The Labute approximate surface area is 111 Å². The molecule has 2 N–H and O–H groups in total. The molecule has 0 spiro atoms. The van der Waals surface area contributed by atoms with Crippen molar-refractivity contribution in [3.63, 3.8) is 0 Å². The van der Waals surface area contributed by atoms with Gasteiger partial charge in [0.1, 0.15) is 11.5 Å². The molecule has 1 aliphatic carbocycles. The van der Waals surface area contributed by atoms with Gasteiger partial charge in [-0.1, -0.05) is 24.3 Å². The lowest BCUT2D eigenvalue weighted by Crippen LogP contribution is -2.12. The highest BCUT2D eigenvalue weighted by molar-refractivity contribution is 6.04. The van der Waals surface area contributed by atoms with Crippen LogP contribution in [-0.4, -0.2) is 16.0 Å². The molecule has 2 aromatic rings. The molecule has 0 aliphatic heterocycles. The average molecular weight is 254 g/mol. The normalized spacial score (nSPS) is 17.5. The topological polar surface area (TPSA) is 57.5 Å². The molecule has 0 saturated heterocycles. The number of hydrogen-bond acceptors (Lipinski definition) is 3. The van der Waals surface area contributed by atoms with Crippen molar-refractivity contribution >= 4 is 5.78 Å². The first-order valence-corrected chi connectivity index (χ1v) is 6.28. The lowest BCUT2D eigenvalue weighted by molar-refractivity contribution is 0.0934. The van der Waals surface area contributed by atoms with E-state index >= 15 is 0 Å². The Hall–Kier alpha value is -2.29. The predicted octanol–water partition coefficient (Wildman–Crippen LogP) is 2.70. The van der Waals surface area contributed by atoms with Gasteiger partial charge < -0.3 is 10.2 Å². The van der Waals surface area contributed by atoms with Crippen molar-refractivity contribution in [2.24, 2.45) is 5.92 Å². The minimum atomic E-state index is -0.118. The Kier molecular flexibility index (Phi) is 2.75. The summed E-state index contributed by atoms with van der Waals surface area (Å²) < 4.78 is 0. The summed E-state index contributed by atoms with van der Waals surface area (Å²) in [5.41, 5.74) is 2.42. The van der Waals surface area contributed by atoms with E-state index in [2.05, 4.69) is 0 Å². The van der Waals surface area contributed by atoms with E-state index in [1.54, 1.807) is 24.3 Å². The van der Waals surface area contributed by atoms with Crippen LogP contribution in [0.15, 0.2) is 42.5 Å². The number of phenolic OH excluding ortho intramolecular Hbond substituents is 2. The maximum atomic E-state index is 12.3. The SMILES string of the molecule is O=C1c2c(O)cccc2CC1Cc1ccc(O)cc1. The van der Waals surface area contributed by atoms with Crippen molar-refractivity contribution in [2.75, 3.05) is 0 Å². The number of Topliss-reactive ketones (excluding diaryl/α,β-unsaturated/α-hetero) is 1. The molecule has 3 nitrogen and oxygen atoms in total. The Bertz CT molecular complexity index is 629. The van der Waals surface area contributed by atoms with Crippen LogP contribution in [0.1, 0.15) is 21.5 Å². The van der Waals surface area contributed by atoms with E-state index in [-0.39, 0.29) is 23.2 Å². The van der Waals surface area contributed by atoms with Crippen LogP contribution in [0.5, 0.6) is 11.5 Å². The van der Waals surface area contributed by atoms with Crippen LogP contribution >= 0.6 is 0 Å². The summed E-state index contributed by atoms with van der Waals surface area (Å²) >= 11 is 0. The highest BCUT2D eigenvalue weighted by Gasteiger charge is 2.32. The molecule has 2 aromatic carbocycles. The van der Waals surface area contributed by atoms with Gasteiger partial charge in [0, 0.05) is 5.92 Å². The van der Waals surface area contributed by atoms with Crippen LogP contribution in [0, 0.1) is 5.92 Å². The summed E-state index contributed by atoms with van der Waals surface area (Å²) in [6.07, 6.45) is 1.30. The van der Waals surface area contributed by atoms with Crippen molar-refractivity contribution in [1.29, 1.82) is 0 Å². The second-order valence-corrected chi connectivity index (χ2v) is 4.95. The third-order valence-electron chi connectivity index (χ3n) is 3.63. The number of carbonyl (C=O) groups excluding carboxylic acids is 1. The van der Waals surface area contributed by atoms with E-state index < -0.39 is 0 Å². The van der Waals surface area contributed by atoms with Gasteiger partial charge in [-0.05, 0) is 42.2 Å². The number of hydrogen-bond donors (Lipinski definition) is 2. The summed E-state index contributed by atoms with van der Waals surface area (Å²) in [4.78, 5) is 12.3. The molecule has 0 radical (unpaired) electrons. The first-order valence-electron chi connectivity index (χ1n) is 6.28. The number of carbonyl (C=O) groups is 1. The molecule has 1 unspecified atom stereocenters. The zero-order valence-corrected chi connectivity index (χ0v) is 10.3. The number of phenols is 2. The molecule has 3 rings (SSSR count). The van der Waals surface area contributed by atoms with E-state index in [0.717, 1.165) is 11.1 Å². The summed E-state index contributed by atoms with van der Waals surface area (Å²) in [6, 6.07) is 12.1. The quantitative estimate of drug-likeness (QED) is 0.866. The number of benzene rings is 2. The zero-order valence-electron chi connectivity index (χ0n) is 10.3. The molecular formula is C16H14O3. The second kappa shape index (κ2) is 4.43. The summed E-state index contributed by atoms with van der Waals surface area (Å²) in [6.45, 7) is 0. The van der Waals surface area contributed by atoms with Crippen LogP contribution in [0.3, 0.4) is 0 Å². The van der Waals surface area contributed by atoms with Gasteiger partial charge in [0.05, 0.1) is 5.56 Å². The van der Waals surface area contributed by atoms with Crippen molar-refractivity contribution in [3.8, 4) is 11.5 Å². The molecule has 0 aromatic heterocycles. The molecule has 0 amide bonds. The molecule has 3 heteroatoms. The smallest absolute Gasteiger partial charge is 0.170 e. The number of aromatic hydroxyl groups is 2. The Morgan fingerprint density at radius 2 is 1.79 bits per heavy atom. The fourth-order valence-corrected chi connectivity index (χ4v) is 2.68. The summed E-state index contributed by atoms with van der Waals surface area (Å²) in [5.74, 6) is 0.201. The largest absolute Gasteiger partial charge is 0.508 e. The van der Waals surface area contributed by atoms with Crippen molar-refractivity contribution in [3.05, 3.63) is 59.2 Å². The Balaban J connectivity index is 1.84. The van der Waals surface area contributed by atoms with Gasteiger partial charge in [0.25, 0.3) is 0 Å². The molecule has 0 fully saturated rings. The summed E-state index contributed by atoms with van der Waals surface area (Å²) in [7, 11) is 0. The Morgan fingerprint density at radius 1 is 1.05 bits per heavy atom. The van der Waals surface area contributed by atoms with Gasteiger partial charge in [-0.3, -0.25) is 4.79 Å². The second-order valence-electron chi connectivity index (χ2n) is 4.95. The Morgan fingerprint density at radius 3 is 2.47 bits per heavy atom. The van der Waals surface area contributed by atoms with Gasteiger partial charge in [-0.25, -0.2) is 0 Å². The number of fused-ring (bicyclic) bond motifs is 1. The predicted molar refractivity (Wildman–Crippen MR) is 71.4 cm³/mol. The van der Waals surface area contributed by atoms with E-state index in [0.29, 0.717) is 18.4 Å². The van der Waals surface area contributed by atoms with Crippen LogP contribution in [-0.2, 0) is 12.8 Å². The van der Waals surface area contributed by atoms with Gasteiger partial charge in [0.15, 0.2) is 5.78 Å². The van der Waals surface area contributed by atoms with Crippen molar-refractivity contribution in [2.45, 2.75) is 12.8 Å². The van der Waals surface area contributed by atoms with E-state index in [9.17, 15) is 15.0 Å². The molecule has 0 saturated carbocycles. The van der Waals surface area contributed by atoms with Crippen LogP contribution in [0.4, 0.5) is 0 Å². The molecular weight excluding hydrogens is 240 g/mol. The zero-order chi connectivity index (χ0) is 13.4. The monoisotopic (exact) mass is 254 g/mol. The minimum Gasteiger partial charge on any atom is -0.508 e. The van der Waals surface area contributed by atoms with Crippen LogP contribution in [0.2, 0.25) is 0 Å². The van der Waals surface area contributed by atoms with E-state index in [4.69, 9.17) is 0 Å². The first-order chi connectivity index (χ1) is 9.15. The first kappa shape index (κ1) is 11.8. The van der Waals surface area contributed by atoms with Crippen LogP contribution < -0.4 is 0 Å². The highest BCUT2D eigenvalue weighted by Crippen LogP contribution is 2.34. The van der Waals surface area contributed by atoms with Gasteiger partial charge in [0.2, 0.25) is 0 Å². The minimum absolute atomic E-state index is 0.0150. The van der Waals surface area contributed by atoms with Gasteiger partial charge in [-0.2, -0.15) is 0 Å². The highest BCUT2D eigenvalue weighted by atomic mass is 16.3. The molecule has 19 heavy (non-hydrogen) atoms. The fourth-order valence-electron chi connectivity index (χ4n) is 2.68. The number of rotatable bonds is 2. The lowest BCUT2D eigenvalue weighted by atomic mass is 9.96. The van der Waals surface area contributed by atoms with E-state index in [1.807, 2.05) is 18.2 Å². The third kappa shape index (κ3) is 2.08. The van der Waals surface area contributed by atoms with Gasteiger partial charge >= 0.3 is 0 Å². The molecule has 0 bridgehead atoms. The standard InChI is InChI=1S/C16H14O3/c17-13-6-4-10(5-7-13)8-12-9-11-2-1-3-14(18)15(11)16(12)19/h1-7,12,17-18H,8-9H2. The molecule has 96 valence electrons. The third-order valence-corrected chi connectivity index (χ3v) is 3.63.